The zero-order chi connectivity index (χ0) is 19.1. The van der Waals surface area contributed by atoms with Crippen molar-refractivity contribution in [2.45, 2.75) is 25.8 Å². The SMILES string of the molecule is CCc1cnc(N)nc1-c1nc(N2CCOCC2)nc2c1C[C@H]1COCCN21. The van der Waals surface area contributed by atoms with E-state index in [1.807, 2.05) is 6.20 Å². The Kier molecular flexibility index (Phi) is 4.48. The van der Waals surface area contributed by atoms with Crippen molar-refractivity contribution in [1.82, 2.24) is 19.9 Å². The molecule has 0 radical (unpaired) electrons. The Morgan fingerprint density at radius 2 is 1.89 bits per heavy atom. The van der Waals surface area contributed by atoms with Crippen molar-refractivity contribution in [3.05, 3.63) is 17.3 Å². The first kappa shape index (κ1) is 17.6. The number of rotatable bonds is 3. The fourth-order valence-corrected chi connectivity index (χ4v) is 4.21. The average Bonchev–Trinajstić information content (AvgIpc) is 3.12. The van der Waals surface area contributed by atoms with E-state index in [4.69, 9.17) is 25.2 Å². The predicted octanol–water partition coefficient (Wildman–Crippen LogP) is 0.676. The minimum atomic E-state index is 0.270. The second-order valence-electron chi connectivity index (χ2n) is 7.36. The van der Waals surface area contributed by atoms with Crippen LogP contribution in [0.5, 0.6) is 0 Å². The lowest BCUT2D eigenvalue weighted by molar-refractivity contribution is 0.0974. The van der Waals surface area contributed by atoms with Crippen molar-refractivity contribution in [1.29, 1.82) is 0 Å². The second-order valence-corrected chi connectivity index (χ2v) is 7.36. The highest BCUT2D eigenvalue weighted by atomic mass is 16.5. The first-order chi connectivity index (χ1) is 13.7. The molecule has 148 valence electrons. The maximum Gasteiger partial charge on any atom is 0.228 e. The van der Waals surface area contributed by atoms with E-state index < -0.39 is 0 Å². The van der Waals surface area contributed by atoms with Crippen molar-refractivity contribution < 1.29 is 9.47 Å². The number of hydrogen-bond donors (Lipinski definition) is 1. The molecule has 2 aromatic heterocycles. The van der Waals surface area contributed by atoms with Gasteiger partial charge in [-0.15, -0.1) is 0 Å². The third-order valence-electron chi connectivity index (χ3n) is 5.70. The number of hydrogen-bond acceptors (Lipinski definition) is 9. The van der Waals surface area contributed by atoms with Crippen molar-refractivity contribution >= 4 is 17.7 Å². The molecular weight excluding hydrogens is 358 g/mol. The third kappa shape index (κ3) is 2.94. The number of nitrogen functional groups attached to an aromatic ring is 1. The van der Waals surface area contributed by atoms with Gasteiger partial charge in [-0.1, -0.05) is 6.92 Å². The van der Waals surface area contributed by atoms with Gasteiger partial charge in [0, 0.05) is 37.8 Å². The fraction of sp³-hybridized carbons (Fsp3) is 0.579. The molecule has 2 saturated heterocycles. The molecule has 2 aromatic rings. The van der Waals surface area contributed by atoms with Crippen LogP contribution in [0.3, 0.4) is 0 Å². The predicted molar refractivity (Wildman–Crippen MR) is 106 cm³/mol. The molecule has 9 heteroatoms. The number of aromatic nitrogens is 4. The van der Waals surface area contributed by atoms with Gasteiger partial charge in [0.05, 0.1) is 38.2 Å². The van der Waals surface area contributed by atoms with Crippen LogP contribution in [0.4, 0.5) is 17.7 Å². The Balaban J connectivity index is 1.68. The van der Waals surface area contributed by atoms with E-state index in [9.17, 15) is 0 Å². The molecule has 3 aliphatic rings. The summed E-state index contributed by atoms with van der Waals surface area (Å²) < 4.78 is 11.2. The van der Waals surface area contributed by atoms with Crippen molar-refractivity contribution in [2.75, 3.05) is 61.6 Å². The zero-order valence-electron chi connectivity index (χ0n) is 16.1. The molecule has 0 saturated carbocycles. The second kappa shape index (κ2) is 7.14. The van der Waals surface area contributed by atoms with Gasteiger partial charge in [-0.25, -0.2) is 15.0 Å². The van der Waals surface area contributed by atoms with Crippen LogP contribution in [-0.4, -0.2) is 72.0 Å². The highest BCUT2D eigenvalue weighted by molar-refractivity contribution is 5.73. The van der Waals surface area contributed by atoms with Gasteiger partial charge in [-0.05, 0) is 12.0 Å². The van der Waals surface area contributed by atoms with Crippen LogP contribution in [0.1, 0.15) is 18.1 Å². The Labute approximate surface area is 163 Å². The Bertz CT molecular complexity index is 885. The minimum absolute atomic E-state index is 0.270. The largest absolute Gasteiger partial charge is 0.378 e. The van der Waals surface area contributed by atoms with Crippen LogP contribution < -0.4 is 15.5 Å². The summed E-state index contributed by atoms with van der Waals surface area (Å²) in [7, 11) is 0. The number of nitrogens with zero attached hydrogens (tertiary/aromatic N) is 6. The summed E-state index contributed by atoms with van der Waals surface area (Å²) in [5.74, 6) is 2.02. The molecule has 0 amide bonds. The molecule has 2 N–H and O–H groups in total. The van der Waals surface area contributed by atoms with Gasteiger partial charge in [0.25, 0.3) is 0 Å². The van der Waals surface area contributed by atoms with E-state index in [0.29, 0.717) is 19.3 Å². The molecule has 2 fully saturated rings. The van der Waals surface area contributed by atoms with Gasteiger partial charge in [0.1, 0.15) is 11.5 Å². The Morgan fingerprint density at radius 3 is 2.71 bits per heavy atom. The number of aryl methyl sites for hydroxylation is 1. The minimum Gasteiger partial charge on any atom is -0.378 e. The van der Waals surface area contributed by atoms with Crippen molar-refractivity contribution in [3.8, 4) is 11.4 Å². The molecule has 5 rings (SSSR count). The van der Waals surface area contributed by atoms with Gasteiger partial charge in [-0.2, -0.15) is 4.98 Å². The van der Waals surface area contributed by atoms with E-state index in [2.05, 4.69) is 26.7 Å². The van der Waals surface area contributed by atoms with E-state index >= 15 is 0 Å². The van der Waals surface area contributed by atoms with Gasteiger partial charge in [-0.3, -0.25) is 0 Å². The highest BCUT2D eigenvalue weighted by Gasteiger charge is 2.37. The number of nitrogens with two attached hydrogens (primary N) is 1. The van der Waals surface area contributed by atoms with E-state index in [0.717, 1.165) is 80.0 Å². The van der Waals surface area contributed by atoms with Crippen LogP contribution >= 0.6 is 0 Å². The molecule has 28 heavy (non-hydrogen) atoms. The molecule has 0 unspecified atom stereocenters. The first-order valence-electron chi connectivity index (χ1n) is 9.94. The number of anilines is 3. The van der Waals surface area contributed by atoms with Crippen LogP contribution in [0.15, 0.2) is 6.20 Å². The Hall–Kier alpha value is -2.52. The summed E-state index contributed by atoms with van der Waals surface area (Å²) in [6, 6.07) is 0.306. The van der Waals surface area contributed by atoms with E-state index in [1.165, 1.54) is 0 Å². The van der Waals surface area contributed by atoms with Gasteiger partial charge < -0.3 is 25.0 Å². The molecular formula is C19H25N7O2. The maximum absolute atomic E-state index is 5.94. The van der Waals surface area contributed by atoms with E-state index in [1.54, 1.807) is 0 Å². The highest BCUT2D eigenvalue weighted by Crippen LogP contribution is 2.39. The molecule has 0 aliphatic carbocycles. The standard InChI is InChI=1S/C19H25N7O2/c1-2-12-10-21-18(20)22-15(12)16-14-9-13-11-28-8-5-26(13)17(14)24-19(23-16)25-3-6-27-7-4-25/h10,13H,2-9,11H2,1H3,(H2,20,21,22)/t13-/m0/s1. The summed E-state index contributed by atoms with van der Waals surface area (Å²) in [6.45, 7) is 7.35. The molecule has 0 spiro atoms. The smallest absolute Gasteiger partial charge is 0.228 e. The lowest BCUT2D eigenvalue weighted by Gasteiger charge is -2.32. The third-order valence-corrected chi connectivity index (χ3v) is 5.70. The topological polar surface area (TPSA) is 103 Å². The quantitative estimate of drug-likeness (QED) is 0.819. The number of ether oxygens (including phenoxy) is 2. The van der Waals surface area contributed by atoms with Gasteiger partial charge in [0.15, 0.2) is 0 Å². The monoisotopic (exact) mass is 383 g/mol. The van der Waals surface area contributed by atoms with Crippen LogP contribution in [-0.2, 0) is 22.3 Å². The summed E-state index contributed by atoms with van der Waals surface area (Å²) in [5.41, 5.74) is 9.83. The molecule has 5 heterocycles. The zero-order valence-corrected chi connectivity index (χ0v) is 16.1. The van der Waals surface area contributed by atoms with Crippen LogP contribution in [0.25, 0.3) is 11.4 Å². The Morgan fingerprint density at radius 1 is 1.07 bits per heavy atom. The fourth-order valence-electron chi connectivity index (χ4n) is 4.21. The summed E-state index contributed by atoms with van der Waals surface area (Å²) in [6.07, 6.45) is 3.49. The van der Waals surface area contributed by atoms with Crippen molar-refractivity contribution in [3.63, 3.8) is 0 Å². The molecule has 3 aliphatic heterocycles. The lowest BCUT2D eigenvalue weighted by Crippen LogP contribution is -2.43. The number of fused-ring (bicyclic) bond motifs is 3. The number of morpholine rings is 2. The molecule has 0 aromatic carbocycles. The van der Waals surface area contributed by atoms with Gasteiger partial charge in [0.2, 0.25) is 11.9 Å². The first-order valence-corrected chi connectivity index (χ1v) is 9.94. The lowest BCUT2D eigenvalue weighted by atomic mass is 10.0. The van der Waals surface area contributed by atoms with Crippen LogP contribution in [0.2, 0.25) is 0 Å². The summed E-state index contributed by atoms with van der Waals surface area (Å²) in [5, 5.41) is 0. The normalized spacial score (nSPS) is 21.5. The molecule has 0 bridgehead atoms. The average molecular weight is 383 g/mol. The van der Waals surface area contributed by atoms with Crippen molar-refractivity contribution in [2.24, 2.45) is 0 Å². The van der Waals surface area contributed by atoms with Crippen LogP contribution in [0, 0.1) is 0 Å². The maximum atomic E-state index is 5.94. The summed E-state index contributed by atoms with van der Waals surface area (Å²) in [4.78, 5) is 23.3. The molecule has 1 atom stereocenters. The summed E-state index contributed by atoms with van der Waals surface area (Å²) >= 11 is 0. The molecule has 9 nitrogen and oxygen atoms in total. The van der Waals surface area contributed by atoms with E-state index in [-0.39, 0.29) is 5.95 Å². The van der Waals surface area contributed by atoms with Gasteiger partial charge >= 0.3 is 0 Å².